The van der Waals surface area contributed by atoms with Crippen molar-refractivity contribution in [3.05, 3.63) is 88.7 Å². The number of carboxylic acid groups (broad SMARTS) is 1. The number of rotatable bonds is 11. The second-order valence-electron chi connectivity index (χ2n) is 13.1. The summed E-state index contributed by atoms with van der Waals surface area (Å²) in [6.45, 7) is 3.66. The van der Waals surface area contributed by atoms with Crippen LogP contribution in [0.5, 0.6) is 5.75 Å². The number of aromatic carboxylic acids is 1. The Bertz CT molecular complexity index is 1780. The molecule has 2 aliphatic carbocycles. The second-order valence-corrected chi connectivity index (χ2v) is 15.6. The molecule has 2 aromatic carbocycles. The molecular weight excluding hydrogens is 638 g/mol. The number of carbonyl (C=O) groups is 2. The van der Waals surface area contributed by atoms with Crippen LogP contribution < -0.4 is 9.64 Å². The van der Waals surface area contributed by atoms with Crippen molar-refractivity contribution in [3.63, 3.8) is 0 Å². The molecule has 1 aromatic heterocycles. The van der Waals surface area contributed by atoms with Gasteiger partial charge in [-0.05, 0) is 110 Å². The first-order valence-electron chi connectivity index (χ1n) is 16.4. The maximum Gasteiger partial charge on any atom is 0.335 e. The van der Waals surface area contributed by atoms with Crippen molar-refractivity contribution in [2.24, 2.45) is 11.8 Å². The van der Waals surface area contributed by atoms with Crippen LogP contribution in [0.1, 0.15) is 73.4 Å². The van der Waals surface area contributed by atoms with E-state index in [2.05, 4.69) is 27.0 Å². The highest BCUT2D eigenvalue weighted by molar-refractivity contribution is 7.91. The standard InChI is InChI=1S/C36H40ClN3O6S/c1-2-30(47(44,45)35-38-17-4-18-39-35)13-12-29(41)11-8-24-6-7-27(24)21-40-22-36(16-3-5-25-19-28(37)10-14-31(25)36)23-46-33-15-9-26(34(42)43)20-32(33)40/h4,8-11,14-15,17-20,24,27,30H,2-3,5-7,12-13,16,21-23H2,1H3,(H,42,43)/b11-8+/t24-,27-,30+,36?/m0/s1. The average Bonchev–Trinajstić information content (AvgIpc) is 3.20. The van der Waals surface area contributed by atoms with Gasteiger partial charge in [0, 0.05) is 42.3 Å². The number of carboxylic acids is 1. The average molecular weight is 678 g/mol. The van der Waals surface area contributed by atoms with Crippen LogP contribution in [0.2, 0.25) is 5.02 Å². The smallest absolute Gasteiger partial charge is 0.335 e. The topological polar surface area (TPSA) is 127 Å². The lowest BCUT2D eigenvalue weighted by molar-refractivity contribution is -0.114. The Morgan fingerprint density at radius 3 is 2.70 bits per heavy atom. The zero-order chi connectivity index (χ0) is 33.2. The maximum atomic E-state index is 13.0. The van der Waals surface area contributed by atoms with Crippen LogP contribution in [-0.4, -0.2) is 60.2 Å². The zero-order valence-corrected chi connectivity index (χ0v) is 28.0. The number of hydrogen-bond donors (Lipinski definition) is 1. The molecule has 3 aromatic rings. The summed E-state index contributed by atoms with van der Waals surface area (Å²) >= 11 is 6.38. The van der Waals surface area contributed by atoms with Gasteiger partial charge in [-0.2, -0.15) is 0 Å². The number of allylic oxidation sites excluding steroid dienone is 2. The van der Waals surface area contributed by atoms with Crippen molar-refractivity contribution in [2.75, 3.05) is 24.6 Å². The number of hydrogen-bond acceptors (Lipinski definition) is 8. The number of halogens is 1. The SMILES string of the molecule is CC[C@H](CCC(=O)/C=C/[C@@H]1CC[C@H]1CN1CC2(CCCc3cc(Cl)ccc32)COc2ccc(C(=O)O)cc21)S(=O)(=O)c1ncccn1. The van der Waals surface area contributed by atoms with E-state index in [1.165, 1.54) is 23.5 Å². The lowest BCUT2D eigenvalue weighted by Gasteiger charge is -2.44. The van der Waals surface area contributed by atoms with Crippen molar-refractivity contribution < 1.29 is 27.9 Å². The fourth-order valence-electron chi connectivity index (χ4n) is 7.38. The first-order chi connectivity index (χ1) is 22.6. The molecule has 1 spiro atoms. The number of ketones is 1. The molecule has 0 amide bonds. The Labute approximate surface area is 280 Å². The highest BCUT2D eigenvalue weighted by atomic mass is 35.5. The fourth-order valence-corrected chi connectivity index (χ4v) is 9.16. The Morgan fingerprint density at radius 2 is 1.98 bits per heavy atom. The summed E-state index contributed by atoms with van der Waals surface area (Å²) in [4.78, 5) is 35.0. The first-order valence-corrected chi connectivity index (χ1v) is 18.3. The van der Waals surface area contributed by atoms with Crippen molar-refractivity contribution in [3.8, 4) is 5.75 Å². The molecule has 248 valence electrons. The van der Waals surface area contributed by atoms with Crippen molar-refractivity contribution >= 4 is 38.9 Å². The number of sulfone groups is 1. The molecule has 47 heavy (non-hydrogen) atoms. The summed E-state index contributed by atoms with van der Waals surface area (Å²) in [6, 6.07) is 12.8. The summed E-state index contributed by atoms with van der Waals surface area (Å²) < 4.78 is 32.4. The van der Waals surface area contributed by atoms with Crippen LogP contribution in [0.3, 0.4) is 0 Å². The number of ether oxygens (including phenoxy) is 1. The van der Waals surface area contributed by atoms with Gasteiger partial charge in [0.1, 0.15) is 5.75 Å². The Kier molecular flexibility index (Phi) is 9.71. The molecule has 1 saturated carbocycles. The van der Waals surface area contributed by atoms with Crippen LogP contribution in [0.15, 0.2) is 72.2 Å². The van der Waals surface area contributed by atoms with Gasteiger partial charge in [-0.1, -0.05) is 30.7 Å². The molecule has 1 aliphatic heterocycles. The molecule has 1 fully saturated rings. The van der Waals surface area contributed by atoms with Crippen LogP contribution >= 0.6 is 11.6 Å². The summed E-state index contributed by atoms with van der Waals surface area (Å²) in [5.41, 5.74) is 3.20. The van der Waals surface area contributed by atoms with Gasteiger partial charge in [0.05, 0.1) is 23.1 Å². The predicted octanol–water partition coefficient (Wildman–Crippen LogP) is 6.49. The van der Waals surface area contributed by atoms with Gasteiger partial charge in [-0.3, -0.25) is 4.79 Å². The van der Waals surface area contributed by atoms with Gasteiger partial charge < -0.3 is 14.7 Å². The molecule has 4 atom stereocenters. The van der Waals surface area contributed by atoms with E-state index in [0.717, 1.165) is 42.8 Å². The second kappa shape index (κ2) is 13.8. The largest absolute Gasteiger partial charge is 0.490 e. The van der Waals surface area contributed by atoms with Crippen LogP contribution in [0.25, 0.3) is 0 Å². The minimum Gasteiger partial charge on any atom is -0.490 e. The maximum absolute atomic E-state index is 13.0. The molecule has 0 saturated heterocycles. The highest BCUT2D eigenvalue weighted by Gasteiger charge is 2.43. The van der Waals surface area contributed by atoms with E-state index in [1.807, 2.05) is 12.1 Å². The molecular formula is C36H40ClN3O6S. The molecule has 3 aliphatic rings. The lowest BCUT2D eigenvalue weighted by atomic mass is 9.69. The molecule has 1 unspecified atom stereocenters. The molecule has 6 rings (SSSR count). The molecule has 1 N–H and O–H groups in total. The van der Waals surface area contributed by atoms with E-state index in [4.69, 9.17) is 16.3 Å². The van der Waals surface area contributed by atoms with E-state index in [1.54, 1.807) is 37.3 Å². The Balaban J connectivity index is 1.17. The van der Waals surface area contributed by atoms with Gasteiger partial charge in [0.2, 0.25) is 15.0 Å². The van der Waals surface area contributed by atoms with Gasteiger partial charge in [-0.25, -0.2) is 23.2 Å². The normalized spacial score (nSPS) is 22.9. The first kappa shape index (κ1) is 33.2. The Hall–Kier alpha value is -3.76. The third-order valence-corrected chi connectivity index (χ3v) is 12.5. The van der Waals surface area contributed by atoms with E-state index in [9.17, 15) is 23.1 Å². The molecule has 11 heteroatoms. The number of fused-ring (bicyclic) bond motifs is 3. The third kappa shape index (κ3) is 6.94. The van der Waals surface area contributed by atoms with E-state index in [0.29, 0.717) is 31.9 Å². The van der Waals surface area contributed by atoms with Crippen LogP contribution in [-0.2, 0) is 26.5 Å². The van der Waals surface area contributed by atoms with Gasteiger partial charge in [0.25, 0.3) is 0 Å². The van der Waals surface area contributed by atoms with Crippen molar-refractivity contribution in [1.82, 2.24) is 9.97 Å². The fraction of sp³-hybridized carbons (Fsp3) is 0.444. The number of aryl methyl sites for hydroxylation is 1. The number of benzene rings is 2. The number of nitrogens with zero attached hydrogens (tertiary/aromatic N) is 3. The predicted molar refractivity (Wildman–Crippen MR) is 180 cm³/mol. The van der Waals surface area contributed by atoms with Crippen molar-refractivity contribution in [1.29, 1.82) is 0 Å². The van der Waals surface area contributed by atoms with Gasteiger partial charge in [0.15, 0.2) is 5.78 Å². The number of aromatic nitrogens is 2. The van der Waals surface area contributed by atoms with Crippen LogP contribution in [0.4, 0.5) is 5.69 Å². The third-order valence-electron chi connectivity index (χ3n) is 10.1. The summed E-state index contributed by atoms with van der Waals surface area (Å²) in [6.07, 6.45) is 12.0. The highest BCUT2D eigenvalue weighted by Crippen LogP contribution is 2.46. The quantitative estimate of drug-likeness (QED) is 0.179. The monoisotopic (exact) mass is 677 g/mol. The van der Waals surface area contributed by atoms with Crippen molar-refractivity contribution in [2.45, 2.75) is 74.1 Å². The summed E-state index contributed by atoms with van der Waals surface area (Å²) in [7, 11) is -3.72. The number of carbonyl (C=O) groups excluding carboxylic acids is 1. The molecule has 0 radical (unpaired) electrons. The Morgan fingerprint density at radius 1 is 1.17 bits per heavy atom. The molecule has 9 nitrogen and oxygen atoms in total. The lowest BCUT2D eigenvalue weighted by Crippen LogP contribution is -2.48. The summed E-state index contributed by atoms with van der Waals surface area (Å²) in [5.74, 6) is 0.0424. The van der Waals surface area contributed by atoms with Gasteiger partial charge >= 0.3 is 5.97 Å². The zero-order valence-electron chi connectivity index (χ0n) is 26.5. The summed E-state index contributed by atoms with van der Waals surface area (Å²) in [5, 5.41) is 9.58. The minimum atomic E-state index is -3.72. The minimum absolute atomic E-state index is 0.102. The van der Waals surface area contributed by atoms with Gasteiger partial charge in [-0.15, -0.1) is 0 Å². The van der Waals surface area contributed by atoms with E-state index < -0.39 is 21.1 Å². The molecule has 0 bridgehead atoms. The van der Waals surface area contributed by atoms with E-state index >= 15 is 0 Å². The van der Waals surface area contributed by atoms with Crippen LogP contribution in [0, 0.1) is 11.8 Å². The molecule has 2 heterocycles. The van der Waals surface area contributed by atoms with E-state index in [-0.39, 0.29) is 46.6 Å². The number of anilines is 1.